The lowest BCUT2D eigenvalue weighted by molar-refractivity contribution is -0.153. The molecular formula is C20H30F3IN4O3. The molecule has 1 unspecified atom stereocenters. The van der Waals surface area contributed by atoms with Crippen LogP contribution in [0.15, 0.2) is 29.3 Å². The number of hydrogen-bond acceptors (Lipinski definition) is 4. The first-order chi connectivity index (χ1) is 13.9. The molecule has 1 heterocycles. The van der Waals surface area contributed by atoms with Gasteiger partial charge in [-0.25, -0.2) is 4.79 Å². The third kappa shape index (κ3) is 10.3. The second-order valence-corrected chi connectivity index (χ2v) is 8.03. The number of likely N-dealkylation sites (tertiary alicyclic amines) is 1. The summed E-state index contributed by atoms with van der Waals surface area (Å²) in [5.41, 5.74) is 0.325. The van der Waals surface area contributed by atoms with E-state index in [2.05, 4.69) is 15.6 Å². The Labute approximate surface area is 197 Å². The van der Waals surface area contributed by atoms with Crippen LogP contribution in [-0.4, -0.2) is 61.5 Å². The van der Waals surface area contributed by atoms with Crippen molar-refractivity contribution in [3.8, 4) is 5.75 Å². The number of hydrogen-bond donors (Lipinski definition) is 2. The van der Waals surface area contributed by atoms with Crippen LogP contribution in [0.3, 0.4) is 0 Å². The molecule has 1 aromatic carbocycles. The van der Waals surface area contributed by atoms with E-state index in [0.29, 0.717) is 19.0 Å². The number of carbonyl (C=O) groups is 1. The van der Waals surface area contributed by atoms with Gasteiger partial charge in [-0.15, -0.1) is 24.0 Å². The predicted octanol–water partition coefficient (Wildman–Crippen LogP) is 3.92. The van der Waals surface area contributed by atoms with Crippen molar-refractivity contribution in [3.63, 3.8) is 0 Å². The molecule has 1 aromatic rings. The number of nitrogens with one attached hydrogen (secondary N) is 2. The second kappa shape index (κ2) is 11.6. The maximum absolute atomic E-state index is 12.2. The molecule has 0 aromatic heterocycles. The number of amides is 1. The molecule has 7 nitrogen and oxygen atoms in total. The van der Waals surface area contributed by atoms with Gasteiger partial charge in [-0.1, -0.05) is 12.1 Å². The molecule has 1 aliphatic heterocycles. The summed E-state index contributed by atoms with van der Waals surface area (Å²) in [5.74, 6) is 0.844. The first-order valence-electron chi connectivity index (χ1n) is 9.69. The highest BCUT2D eigenvalue weighted by atomic mass is 127. The molecular weight excluding hydrogens is 528 g/mol. The summed E-state index contributed by atoms with van der Waals surface area (Å²) in [4.78, 5) is 18.2. The molecule has 1 fully saturated rings. The van der Waals surface area contributed by atoms with Gasteiger partial charge in [0.25, 0.3) is 0 Å². The van der Waals surface area contributed by atoms with E-state index in [1.807, 2.05) is 25.7 Å². The largest absolute Gasteiger partial charge is 0.484 e. The molecule has 0 radical (unpaired) electrons. The third-order valence-corrected chi connectivity index (χ3v) is 4.20. The van der Waals surface area contributed by atoms with E-state index in [-0.39, 0.29) is 35.8 Å². The van der Waals surface area contributed by atoms with Crippen LogP contribution in [0.25, 0.3) is 0 Å². The Kier molecular flexibility index (Phi) is 10.2. The van der Waals surface area contributed by atoms with Gasteiger partial charge >= 0.3 is 12.3 Å². The van der Waals surface area contributed by atoms with Crippen molar-refractivity contribution in [1.82, 2.24) is 15.5 Å². The first kappa shape index (κ1) is 27.1. The number of aliphatic imine (C=N–C) groups is 1. The molecule has 1 aliphatic rings. The minimum absolute atomic E-state index is 0. The average molecular weight is 558 g/mol. The van der Waals surface area contributed by atoms with Gasteiger partial charge in [0.05, 0.1) is 6.04 Å². The Morgan fingerprint density at radius 2 is 1.87 bits per heavy atom. The normalized spacial score (nSPS) is 17.1. The van der Waals surface area contributed by atoms with Crippen molar-refractivity contribution in [2.75, 3.05) is 26.7 Å². The zero-order chi connectivity index (χ0) is 22.4. The lowest BCUT2D eigenvalue weighted by Crippen LogP contribution is -2.44. The Hall–Kier alpha value is -1.92. The molecule has 2 N–H and O–H groups in total. The van der Waals surface area contributed by atoms with E-state index < -0.39 is 24.5 Å². The monoisotopic (exact) mass is 558 g/mol. The molecule has 0 bridgehead atoms. The first-order valence-corrected chi connectivity index (χ1v) is 9.69. The van der Waals surface area contributed by atoms with Crippen LogP contribution in [0.4, 0.5) is 18.0 Å². The van der Waals surface area contributed by atoms with Crippen LogP contribution in [0, 0.1) is 0 Å². The van der Waals surface area contributed by atoms with Gasteiger partial charge in [-0.3, -0.25) is 4.99 Å². The third-order valence-electron chi connectivity index (χ3n) is 4.20. The van der Waals surface area contributed by atoms with Gasteiger partial charge in [-0.05, 0) is 44.9 Å². The van der Waals surface area contributed by atoms with E-state index in [1.165, 1.54) is 12.1 Å². The number of alkyl carbamates (subject to hydrolysis) is 1. The molecule has 0 aliphatic carbocycles. The maximum Gasteiger partial charge on any atom is 0.422 e. The minimum atomic E-state index is -4.36. The highest BCUT2D eigenvalue weighted by Crippen LogP contribution is 2.19. The molecule has 1 saturated heterocycles. The Balaban J connectivity index is 0.00000480. The van der Waals surface area contributed by atoms with Crippen molar-refractivity contribution < 1.29 is 27.4 Å². The molecule has 176 valence electrons. The predicted molar refractivity (Wildman–Crippen MR) is 123 cm³/mol. The van der Waals surface area contributed by atoms with Crippen LogP contribution in [-0.2, 0) is 11.3 Å². The second-order valence-electron chi connectivity index (χ2n) is 8.03. The lowest BCUT2D eigenvalue weighted by atomic mass is 10.2. The fourth-order valence-electron chi connectivity index (χ4n) is 2.93. The topological polar surface area (TPSA) is 75.2 Å². The molecule has 1 atom stereocenters. The smallest absolute Gasteiger partial charge is 0.422 e. The van der Waals surface area contributed by atoms with Gasteiger partial charge in [0.15, 0.2) is 12.6 Å². The Morgan fingerprint density at radius 3 is 2.42 bits per heavy atom. The molecule has 0 saturated carbocycles. The van der Waals surface area contributed by atoms with Gasteiger partial charge in [-0.2, -0.15) is 13.2 Å². The zero-order valence-corrected chi connectivity index (χ0v) is 20.4. The quantitative estimate of drug-likeness (QED) is 0.326. The number of nitrogens with zero attached hydrogens (tertiary/aromatic N) is 2. The maximum atomic E-state index is 12.2. The molecule has 0 spiro atoms. The van der Waals surface area contributed by atoms with Crippen molar-refractivity contribution in [1.29, 1.82) is 0 Å². The van der Waals surface area contributed by atoms with Crippen molar-refractivity contribution >= 4 is 36.0 Å². The van der Waals surface area contributed by atoms with Gasteiger partial charge < -0.3 is 25.0 Å². The highest BCUT2D eigenvalue weighted by molar-refractivity contribution is 14.0. The number of alkyl halides is 3. The molecule has 11 heteroatoms. The van der Waals surface area contributed by atoms with Crippen molar-refractivity contribution in [3.05, 3.63) is 29.8 Å². The molecule has 1 amide bonds. The number of guanidine groups is 1. The van der Waals surface area contributed by atoms with E-state index in [1.54, 1.807) is 19.2 Å². The van der Waals surface area contributed by atoms with Crippen LogP contribution >= 0.6 is 24.0 Å². The summed E-state index contributed by atoms with van der Waals surface area (Å²) in [6, 6.07) is 6.36. The summed E-state index contributed by atoms with van der Waals surface area (Å²) in [5, 5.41) is 6.09. The van der Waals surface area contributed by atoms with E-state index in [9.17, 15) is 18.0 Å². The van der Waals surface area contributed by atoms with Gasteiger partial charge in [0, 0.05) is 26.7 Å². The summed E-state index contributed by atoms with van der Waals surface area (Å²) in [6.45, 7) is 5.90. The van der Waals surface area contributed by atoms with E-state index >= 15 is 0 Å². The van der Waals surface area contributed by atoms with Crippen LogP contribution in [0.2, 0.25) is 0 Å². The van der Waals surface area contributed by atoms with E-state index in [4.69, 9.17) is 9.47 Å². The van der Waals surface area contributed by atoms with E-state index in [0.717, 1.165) is 18.5 Å². The van der Waals surface area contributed by atoms with Crippen molar-refractivity contribution in [2.45, 2.75) is 51.6 Å². The summed E-state index contributed by atoms with van der Waals surface area (Å²) >= 11 is 0. The Bertz CT molecular complexity index is 737. The number of rotatable bonds is 5. The Morgan fingerprint density at radius 1 is 1.23 bits per heavy atom. The van der Waals surface area contributed by atoms with Crippen LogP contribution in [0.1, 0.15) is 32.8 Å². The fourth-order valence-corrected chi connectivity index (χ4v) is 2.93. The molecule has 31 heavy (non-hydrogen) atoms. The zero-order valence-electron chi connectivity index (χ0n) is 18.1. The number of halogens is 4. The average Bonchev–Trinajstić information content (AvgIpc) is 3.07. The van der Waals surface area contributed by atoms with Gasteiger partial charge in [0.1, 0.15) is 11.4 Å². The number of ether oxygens (including phenoxy) is 2. The SMILES string of the molecule is CN=C(NCc1ccc(OCC(F)(F)F)cc1)N1CCC(NC(=O)OC(C)(C)C)C1.I. The highest BCUT2D eigenvalue weighted by Gasteiger charge is 2.29. The summed E-state index contributed by atoms with van der Waals surface area (Å²) in [7, 11) is 1.67. The number of benzene rings is 1. The lowest BCUT2D eigenvalue weighted by Gasteiger charge is -2.23. The van der Waals surface area contributed by atoms with Crippen LogP contribution in [0.5, 0.6) is 5.75 Å². The van der Waals surface area contributed by atoms with Crippen molar-refractivity contribution in [2.24, 2.45) is 4.99 Å². The van der Waals surface area contributed by atoms with Gasteiger partial charge in [0.2, 0.25) is 0 Å². The number of carbonyl (C=O) groups excluding carboxylic acids is 1. The summed E-state index contributed by atoms with van der Waals surface area (Å²) in [6.07, 6.45) is -4.03. The molecule has 2 rings (SSSR count). The minimum Gasteiger partial charge on any atom is -0.484 e. The fraction of sp³-hybridized carbons (Fsp3) is 0.600. The van der Waals surface area contributed by atoms with Crippen LogP contribution < -0.4 is 15.4 Å². The summed E-state index contributed by atoms with van der Waals surface area (Å²) < 4.78 is 46.6. The standard InChI is InChI=1S/C20H29F3N4O3.HI/c1-19(2,3)30-18(28)26-15-9-10-27(12-15)17(24-4)25-11-14-5-7-16(8-6-14)29-13-20(21,22)23;/h5-8,15H,9-13H2,1-4H3,(H,24,25)(H,26,28);1H.